The third-order valence-electron chi connectivity index (χ3n) is 6.15. The standard InChI is InChI=1S/C27H37N3O9/c28-27(35)37-16-18-8-9-23(39-25-14-19(32)13-21(15-31)38-25)22(12-18)26(34)30-11-10-29-24(33)17-36-20-6-4-2-1-3-5-7-20/h8-9,12,19-21,25,31-32H,1-4,6,10-11,13-17H2,(H2,28,35)(H,29,33)(H,30,34)/t19-,20?,21?,25?/m0/s1. The molecule has 1 aromatic carbocycles. The van der Waals surface area contributed by atoms with Gasteiger partial charge in [0, 0.05) is 32.4 Å². The van der Waals surface area contributed by atoms with E-state index in [1.807, 2.05) is 0 Å². The monoisotopic (exact) mass is 547 g/mol. The third-order valence-corrected chi connectivity index (χ3v) is 6.15. The molecule has 0 spiro atoms. The molecule has 0 aromatic heterocycles. The van der Waals surface area contributed by atoms with Crippen molar-refractivity contribution < 1.29 is 43.5 Å². The molecule has 1 saturated heterocycles. The summed E-state index contributed by atoms with van der Waals surface area (Å²) in [6.45, 7) is -0.252. The molecule has 1 fully saturated rings. The third kappa shape index (κ3) is 10.7. The zero-order chi connectivity index (χ0) is 28.0. The Bertz CT molecular complexity index is 1040. The van der Waals surface area contributed by atoms with Crippen molar-refractivity contribution in [3.05, 3.63) is 29.3 Å². The van der Waals surface area contributed by atoms with Crippen LogP contribution in [0.4, 0.5) is 4.79 Å². The molecule has 214 valence electrons. The van der Waals surface area contributed by atoms with E-state index in [4.69, 9.17) is 24.7 Å². The summed E-state index contributed by atoms with van der Waals surface area (Å²) in [6, 6.07) is 4.60. The number of nitrogens with one attached hydrogen (secondary N) is 2. The maximum Gasteiger partial charge on any atom is 0.404 e. The van der Waals surface area contributed by atoms with Crippen molar-refractivity contribution in [1.29, 1.82) is 0 Å². The first-order valence-electron chi connectivity index (χ1n) is 13.1. The molecule has 1 aliphatic carbocycles. The van der Waals surface area contributed by atoms with Gasteiger partial charge in [-0.25, -0.2) is 4.79 Å². The number of amides is 3. The van der Waals surface area contributed by atoms with Gasteiger partial charge in [0.05, 0.1) is 24.4 Å². The fourth-order valence-electron chi connectivity index (χ4n) is 4.19. The number of primary amides is 1. The lowest BCUT2D eigenvalue weighted by atomic mass is 10.1. The van der Waals surface area contributed by atoms with E-state index >= 15 is 0 Å². The molecule has 2 aliphatic rings. The van der Waals surface area contributed by atoms with E-state index in [9.17, 15) is 24.6 Å². The van der Waals surface area contributed by atoms with Crippen molar-refractivity contribution in [3.63, 3.8) is 0 Å². The van der Waals surface area contributed by atoms with Gasteiger partial charge in [0.1, 0.15) is 25.1 Å². The second-order valence-corrected chi connectivity index (χ2v) is 9.38. The van der Waals surface area contributed by atoms with Crippen LogP contribution in [-0.2, 0) is 25.6 Å². The molecule has 1 heterocycles. The smallest absolute Gasteiger partial charge is 0.404 e. The van der Waals surface area contributed by atoms with E-state index in [-0.39, 0.29) is 69.1 Å². The highest BCUT2D eigenvalue weighted by atomic mass is 16.7. The van der Waals surface area contributed by atoms with Crippen LogP contribution in [0, 0.1) is 11.8 Å². The Morgan fingerprint density at radius 2 is 1.95 bits per heavy atom. The minimum atomic E-state index is -0.956. The summed E-state index contributed by atoms with van der Waals surface area (Å²) >= 11 is 0. The molecule has 3 unspecified atom stereocenters. The predicted molar refractivity (Wildman–Crippen MR) is 138 cm³/mol. The Hall–Kier alpha value is -3.37. The summed E-state index contributed by atoms with van der Waals surface area (Å²) in [5.74, 6) is 5.47. The highest BCUT2D eigenvalue weighted by Gasteiger charge is 2.30. The lowest BCUT2D eigenvalue weighted by molar-refractivity contribution is -0.184. The fraction of sp³-hybridized carbons (Fsp3) is 0.593. The molecule has 12 nitrogen and oxygen atoms in total. The summed E-state index contributed by atoms with van der Waals surface area (Å²) in [5, 5.41) is 24.9. The van der Waals surface area contributed by atoms with Gasteiger partial charge in [0.2, 0.25) is 12.2 Å². The number of aliphatic hydroxyl groups excluding tert-OH is 2. The van der Waals surface area contributed by atoms with Gasteiger partial charge in [-0.2, -0.15) is 0 Å². The second kappa shape index (κ2) is 15.9. The summed E-state index contributed by atoms with van der Waals surface area (Å²) in [7, 11) is 0. The zero-order valence-corrected chi connectivity index (χ0v) is 21.9. The molecular weight excluding hydrogens is 510 g/mol. The molecule has 4 atom stereocenters. The van der Waals surface area contributed by atoms with Crippen LogP contribution >= 0.6 is 0 Å². The molecule has 1 aromatic rings. The molecule has 3 rings (SSSR count). The van der Waals surface area contributed by atoms with Crippen LogP contribution < -0.4 is 21.1 Å². The van der Waals surface area contributed by atoms with E-state index in [1.54, 1.807) is 6.07 Å². The van der Waals surface area contributed by atoms with Gasteiger partial charge in [0.25, 0.3) is 5.91 Å². The van der Waals surface area contributed by atoms with Crippen molar-refractivity contribution in [2.45, 2.75) is 76.2 Å². The maximum absolute atomic E-state index is 13.0. The average Bonchev–Trinajstić information content (AvgIpc) is 2.89. The van der Waals surface area contributed by atoms with Crippen LogP contribution in [0.15, 0.2) is 18.2 Å². The Balaban J connectivity index is 1.54. The molecule has 0 radical (unpaired) electrons. The van der Waals surface area contributed by atoms with Crippen molar-refractivity contribution in [2.75, 3.05) is 26.3 Å². The molecule has 6 N–H and O–H groups in total. The number of carbonyl (C=O) groups excluding carboxylic acids is 3. The molecular formula is C27H37N3O9. The Morgan fingerprint density at radius 3 is 2.74 bits per heavy atom. The molecule has 12 heteroatoms. The van der Waals surface area contributed by atoms with E-state index < -0.39 is 30.5 Å². The SMILES string of the molecule is NC(=O)OCc1ccc(OC2C[C@@H](O)CC(CO)O2)c(C(=O)NCCNC(=O)COC2C#CCCCCC2)c1. The number of hydrogen-bond donors (Lipinski definition) is 5. The van der Waals surface area contributed by atoms with Crippen LogP contribution in [0.1, 0.15) is 60.9 Å². The summed E-state index contributed by atoms with van der Waals surface area (Å²) < 4.78 is 21.9. The Kier molecular flexibility index (Phi) is 12.3. The maximum atomic E-state index is 13.0. The van der Waals surface area contributed by atoms with Gasteiger partial charge >= 0.3 is 6.09 Å². The van der Waals surface area contributed by atoms with Crippen LogP contribution in [0.3, 0.4) is 0 Å². The van der Waals surface area contributed by atoms with E-state index in [1.165, 1.54) is 12.1 Å². The van der Waals surface area contributed by atoms with Crippen LogP contribution in [0.25, 0.3) is 0 Å². The first kappa shape index (κ1) is 30.2. The largest absolute Gasteiger partial charge is 0.464 e. The second-order valence-electron chi connectivity index (χ2n) is 9.38. The quantitative estimate of drug-likeness (QED) is 0.186. The highest BCUT2D eigenvalue weighted by molar-refractivity contribution is 5.97. The lowest BCUT2D eigenvalue weighted by Gasteiger charge is -2.32. The van der Waals surface area contributed by atoms with Crippen molar-refractivity contribution in [3.8, 4) is 17.6 Å². The molecule has 1 aliphatic heterocycles. The molecule has 0 saturated carbocycles. The normalized spacial score (nSPS) is 22.8. The molecule has 3 amide bonds. The van der Waals surface area contributed by atoms with Gasteiger partial charge in [-0.05, 0) is 37.0 Å². The number of rotatable bonds is 12. The first-order valence-corrected chi connectivity index (χ1v) is 13.1. The topological polar surface area (TPSA) is 179 Å². The minimum Gasteiger partial charge on any atom is -0.464 e. The number of carbonyl (C=O) groups is 3. The summed E-state index contributed by atoms with van der Waals surface area (Å²) in [6.07, 6.45) is 1.88. The molecule has 39 heavy (non-hydrogen) atoms. The number of nitrogens with two attached hydrogens (primary N) is 1. The number of aliphatic hydroxyl groups is 2. The predicted octanol–water partition coefficient (Wildman–Crippen LogP) is 0.718. The highest BCUT2D eigenvalue weighted by Crippen LogP contribution is 2.27. The van der Waals surface area contributed by atoms with Gasteiger partial charge in [-0.15, -0.1) is 5.92 Å². The number of ether oxygens (including phenoxy) is 4. The Labute approximate surface area is 227 Å². The van der Waals surface area contributed by atoms with E-state index in [2.05, 4.69) is 22.5 Å². The van der Waals surface area contributed by atoms with Gasteiger partial charge in [0.15, 0.2) is 0 Å². The van der Waals surface area contributed by atoms with Crippen molar-refractivity contribution in [2.24, 2.45) is 5.73 Å². The number of hydrogen-bond acceptors (Lipinski definition) is 9. The average molecular weight is 548 g/mol. The summed E-state index contributed by atoms with van der Waals surface area (Å²) in [4.78, 5) is 36.2. The van der Waals surface area contributed by atoms with Crippen LogP contribution in [-0.4, -0.2) is 79.0 Å². The number of benzene rings is 1. The summed E-state index contributed by atoms with van der Waals surface area (Å²) in [5.41, 5.74) is 5.66. The van der Waals surface area contributed by atoms with Gasteiger partial charge in [-0.1, -0.05) is 18.4 Å². The first-order chi connectivity index (χ1) is 18.8. The van der Waals surface area contributed by atoms with E-state index in [0.717, 1.165) is 32.1 Å². The minimum absolute atomic E-state index is 0.116. The Morgan fingerprint density at radius 1 is 1.13 bits per heavy atom. The van der Waals surface area contributed by atoms with Crippen LogP contribution in [0.5, 0.6) is 5.75 Å². The molecule has 0 bridgehead atoms. The van der Waals surface area contributed by atoms with Gasteiger partial charge in [-0.3, -0.25) is 9.59 Å². The zero-order valence-electron chi connectivity index (χ0n) is 21.9. The van der Waals surface area contributed by atoms with Crippen LogP contribution in [0.2, 0.25) is 0 Å². The van der Waals surface area contributed by atoms with Crippen molar-refractivity contribution in [1.82, 2.24) is 10.6 Å². The lowest BCUT2D eigenvalue weighted by Crippen LogP contribution is -2.40. The van der Waals surface area contributed by atoms with E-state index in [0.29, 0.717) is 5.56 Å². The fourth-order valence-corrected chi connectivity index (χ4v) is 4.19. The van der Waals surface area contributed by atoms with Crippen molar-refractivity contribution >= 4 is 17.9 Å². The van der Waals surface area contributed by atoms with Gasteiger partial charge < -0.3 is 45.5 Å².